The van der Waals surface area contributed by atoms with E-state index in [1.165, 1.54) is 5.19 Å². The summed E-state index contributed by atoms with van der Waals surface area (Å²) in [4.78, 5) is 14.5. The van der Waals surface area contributed by atoms with Gasteiger partial charge in [0.2, 0.25) is 0 Å². The van der Waals surface area contributed by atoms with Gasteiger partial charge in [-0.15, -0.1) is 0 Å². The second kappa shape index (κ2) is 8.29. The summed E-state index contributed by atoms with van der Waals surface area (Å²) in [7, 11) is -1.55. The normalized spacial score (nSPS) is 11.9. The topological polar surface area (TPSA) is 51.8 Å². The Morgan fingerprint density at radius 1 is 0.543 bits per heavy atom. The number of nitrogens with zero attached hydrogens (tertiary/aromatic N) is 3. The minimum absolute atomic E-state index is 0.630. The zero-order valence-corrected chi connectivity index (χ0v) is 21.0. The third-order valence-electron chi connectivity index (χ3n) is 6.26. The van der Waals surface area contributed by atoms with E-state index in [0.29, 0.717) is 17.5 Å². The van der Waals surface area contributed by atoms with Crippen LogP contribution in [-0.4, -0.2) is 23.0 Å². The SMILES string of the molecule is C[Si](C)(C)c1cccc2c1oc1cc(-c3nc(-c4ccccc4)nc(-c4ccccc4)n3)ccc12. The molecular formula is C30H25N3OSi. The lowest BCUT2D eigenvalue weighted by atomic mass is 10.1. The van der Waals surface area contributed by atoms with Crippen LogP contribution < -0.4 is 5.19 Å². The zero-order valence-electron chi connectivity index (χ0n) is 20.0. The van der Waals surface area contributed by atoms with Gasteiger partial charge in [-0.3, -0.25) is 0 Å². The van der Waals surface area contributed by atoms with Gasteiger partial charge in [0.25, 0.3) is 0 Å². The number of benzene rings is 4. The molecule has 0 fully saturated rings. The Morgan fingerprint density at radius 3 is 1.69 bits per heavy atom. The Labute approximate surface area is 205 Å². The molecule has 0 radical (unpaired) electrons. The molecule has 0 saturated heterocycles. The van der Waals surface area contributed by atoms with E-state index in [9.17, 15) is 0 Å². The van der Waals surface area contributed by atoms with Gasteiger partial charge in [-0.2, -0.15) is 0 Å². The highest BCUT2D eigenvalue weighted by molar-refractivity contribution is 6.90. The molecule has 0 atom stereocenters. The van der Waals surface area contributed by atoms with Gasteiger partial charge in [-0.05, 0) is 17.3 Å². The van der Waals surface area contributed by atoms with Crippen molar-refractivity contribution in [1.82, 2.24) is 15.0 Å². The molecular weight excluding hydrogens is 446 g/mol. The predicted molar refractivity (Wildman–Crippen MR) is 146 cm³/mol. The van der Waals surface area contributed by atoms with Crippen molar-refractivity contribution in [1.29, 1.82) is 0 Å². The van der Waals surface area contributed by atoms with Gasteiger partial charge in [-0.1, -0.05) is 105 Å². The fourth-order valence-electron chi connectivity index (χ4n) is 4.47. The molecule has 0 aliphatic heterocycles. The Bertz CT molecular complexity index is 1610. The van der Waals surface area contributed by atoms with Crippen LogP contribution in [0.5, 0.6) is 0 Å². The van der Waals surface area contributed by atoms with Gasteiger partial charge in [0, 0.05) is 27.5 Å². The van der Waals surface area contributed by atoms with E-state index in [-0.39, 0.29) is 0 Å². The lowest BCUT2D eigenvalue weighted by molar-refractivity contribution is 0.671. The van der Waals surface area contributed by atoms with Crippen LogP contribution in [0.25, 0.3) is 56.1 Å². The first-order valence-electron chi connectivity index (χ1n) is 11.8. The van der Waals surface area contributed by atoms with E-state index in [0.717, 1.165) is 38.6 Å². The van der Waals surface area contributed by atoms with Gasteiger partial charge in [-0.25, -0.2) is 15.0 Å². The molecule has 0 aliphatic rings. The van der Waals surface area contributed by atoms with E-state index in [4.69, 9.17) is 19.4 Å². The zero-order chi connectivity index (χ0) is 24.0. The lowest BCUT2D eigenvalue weighted by Crippen LogP contribution is -2.37. The fraction of sp³-hybridized carbons (Fsp3) is 0.100. The first-order chi connectivity index (χ1) is 17.0. The Hall–Kier alpha value is -4.09. The molecule has 0 bridgehead atoms. The summed E-state index contributed by atoms with van der Waals surface area (Å²) in [6, 6.07) is 32.8. The van der Waals surface area contributed by atoms with Gasteiger partial charge in [0.15, 0.2) is 17.5 Å². The highest BCUT2D eigenvalue weighted by atomic mass is 28.3. The van der Waals surface area contributed by atoms with Crippen LogP contribution >= 0.6 is 0 Å². The van der Waals surface area contributed by atoms with E-state index >= 15 is 0 Å². The molecule has 6 rings (SSSR count). The Balaban J connectivity index is 1.55. The van der Waals surface area contributed by atoms with Crippen LogP contribution in [0.3, 0.4) is 0 Å². The van der Waals surface area contributed by atoms with Crippen molar-refractivity contribution in [2.45, 2.75) is 19.6 Å². The van der Waals surface area contributed by atoms with Crippen LogP contribution in [0.2, 0.25) is 19.6 Å². The molecule has 0 amide bonds. The van der Waals surface area contributed by atoms with Gasteiger partial charge in [0.1, 0.15) is 11.2 Å². The molecule has 0 spiro atoms. The van der Waals surface area contributed by atoms with Gasteiger partial charge < -0.3 is 4.42 Å². The van der Waals surface area contributed by atoms with Crippen LogP contribution in [0.4, 0.5) is 0 Å². The highest BCUT2D eigenvalue weighted by Gasteiger charge is 2.22. The van der Waals surface area contributed by atoms with Crippen molar-refractivity contribution in [3.63, 3.8) is 0 Å². The monoisotopic (exact) mass is 471 g/mol. The second-order valence-electron chi connectivity index (χ2n) is 9.78. The fourth-order valence-corrected chi connectivity index (χ4v) is 5.93. The van der Waals surface area contributed by atoms with Crippen LogP contribution in [0.1, 0.15) is 0 Å². The third-order valence-corrected chi connectivity index (χ3v) is 8.27. The first-order valence-corrected chi connectivity index (χ1v) is 15.3. The summed E-state index contributed by atoms with van der Waals surface area (Å²) in [5.41, 5.74) is 4.68. The molecule has 4 aromatic carbocycles. The number of furan rings is 1. The van der Waals surface area contributed by atoms with E-state index in [1.807, 2.05) is 60.7 Å². The molecule has 2 heterocycles. The quantitative estimate of drug-likeness (QED) is 0.253. The summed E-state index contributed by atoms with van der Waals surface area (Å²) < 4.78 is 6.47. The van der Waals surface area contributed by atoms with Crippen molar-refractivity contribution in [2.75, 3.05) is 0 Å². The van der Waals surface area contributed by atoms with E-state index in [1.54, 1.807) is 0 Å². The van der Waals surface area contributed by atoms with Crippen molar-refractivity contribution in [3.8, 4) is 34.2 Å². The van der Waals surface area contributed by atoms with Crippen molar-refractivity contribution >= 4 is 35.2 Å². The average molecular weight is 472 g/mol. The second-order valence-corrected chi connectivity index (χ2v) is 14.8. The van der Waals surface area contributed by atoms with Crippen molar-refractivity contribution < 1.29 is 4.42 Å². The Morgan fingerprint density at radius 2 is 1.11 bits per heavy atom. The average Bonchev–Trinajstić information content (AvgIpc) is 3.27. The maximum atomic E-state index is 6.47. The molecule has 5 heteroatoms. The first kappa shape index (κ1) is 21.4. The summed E-state index contributed by atoms with van der Waals surface area (Å²) >= 11 is 0. The molecule has 2 aromatic heterocycles. The minimum Gasteiger partial charge on any atom is -0.456 e. The van der Waals surface area contributed by atoms with Crippen molar-refractivity contribution in [2.24, 2.45) is 0 Å². The van der Waals surface area contributed by atoms with Gasteiger partial charge >= 0.3 is 0 Å². The molecule has 6 aromatic rings. The number of hydrogen-bond donors (Lipinski definition) is 0. The number of fused-ring (bicyclic) bond motifs is 3. The van der Waals surface area contributed by atoms with Crippen LogP contribution in [0, 0.1) is 0 Å². The number of para-hydroxylation sites is 1. The Kier molecular flexibility index (Phi) is 5.08. The molecule has 170 valence electrons. The number of hydrogen-bond acceptors (Lipinski definition) is 4. The van der Waals surface area contributed by atoms with Crippen LogP contribution in [0.15, 0.2) is 101 Å². The standard InChI is InChI=1S/C30H25N3OSi/c1-35(2,3)26-16-10-15-24-23-18-17-22(19-25(23)34-27(24)26)30-32-28(20-11-6-4-7-12-20)31-29(33-30)21-13-8-5-9-14-21/h4-19H,1-3H3. The summed E-state index contributed by atoms with van der Waals surface area (Å²) in [5.74, 6) is 1.94. The third kappa shape index (κ3) is 3.94. The van der Waals surface area contributed by atoms with E-state index in [2.05, 4.69) is 56.0 Å². The lowest BCUT2D eigenvalue weighted by Gasteiger charge is -2.16. The maximum Gasteiger partial charge on any atom is 0.164 e. The van der Waals surface area contributed by atoms with Gasteiger partial charge in [0.05, 0.1) is 8.07 Å². The highest BCUT2D eigenvalue weighted by Crippen LogP contribution is 2.32. The molecule has 4 nitrogen and oxygen atoms in total. The molecule has 0 unspecified atom stereocenters. The predicted octanol–water partition coefficient (Wildman–Crippen LogP) is 7.32. The van der Waals surface area contributed by atoms with E-state index < -0.39 is 8.07 Å². The molecule has 0 aliphatic carbocycles. The summed E-state index contributed by atoms with van der Waals surface area (Å²) in [6.45, 7) is 7.05. The summed E-state index contributed by atoms with van der Waals surface area (Å²) in [5, 5.41) is 3.62. The summed E-state index contributed by atoms with van der Waals surface area (Å²) in [6.07, 6.45) is 0. The number of aromatic nitrogens is 3. The molecule has 0 saturated carbocycles. The molecule has 0 N–H and O–H groups in total. The van der Waals surface area contributed by atoms with Crippen molar-refractivity contribution in [3.05, 3.63) is 97.1 Å². The molecule has 35 heavy (non-hydrogen) atoms. The minimum atomic E-state index is -1.55. The maximum absolute atomic E-state index is 6.47. The largest absolute Gasteiger partial charge is 0.456 e. The number of rotatable bonds is 4. The van der Waals surface area contributed by atoms with Crippen LogP contribution in [-0.2, 0) is 0 Å². The smallest absolute Gasteiger partial charge is 0.164 e.